The molecule has 0 radical (unpaired) electrons. The van der Waals surface area contributed by atoms with Crippen LogP contribution in [0.25, 0.3) is 10.9 Å². The zero-order chi connectivity index (χ0) is 21.6. The summed E-state index contributed by atoms with van der Waals surface area (Å²) in [4.78, 5) is 36.6. The molecule has 2 rings (SSSR count). The second-order valence-corrected chi connectivity index (χ2v) is 7.82. The minimum atomic E-state index is -0.419. The Balaban J connectivity index is 2.15. The van der Waals surface area contributed by atoms with Crippen molar-refractivity contribution >= 4 is 28.8 Å². The third-order valence-corrected chi connectivity index (χ3v) is 4.91. The molecule has 1 aromatic heterocycles. The molecule has 0 aliphatic carbocycles. The normalized spacial score (nSPS) is 13.2. The minimum absolute atomic E-state index is 0.0726. The van der Waals surface area contributed by atoms with Gasteiger partial charge in [0, 0.05) is 30.6 Å². The van der Waals surface area contributed by atoms with Gasteiger partial charge in [0.2, 0.25) is 5.91 Å². The van der Waals surface area contributed by atoms with Crippen LogP contribution < -0.4 is 10.6 Å². The smallest absolute Gasteiger partial charge is 0.325 e. The number of fused-ring (bicyclic) bond motifs is 1. The summed E-state index contributed by atoms with van der Waals surface area (Å²) in [5.74, 6) is -0.660. The largest absolute Gasteiger partial charge is 0.469 e. The molecule has 0 aliphatic rings. The first-order valence-corrected chi connectivity index (χ1v) is 9.95. The molecule has 0 saturated carbocycles. The number of rotatable bonds is 8. The summed E-state index contributed by atoms with van der Waals surface area (Å²) in [5.41, 5.74) is 1.80. The van der Waals surface area contributed by atoms with Crippen molar-refractivity contribution in [2.45, 2.75) is 46.1 Å². The van der Waals surface area contributed by atoms with E-state index < -0.39 is 5.92 Å². The molecule has 0 fully saturated rings. The van der Waals surface area contributed by atoms with Crippen LogP contribution in [0.1, 0.15) is 39.2 Å². The number of para-hydroxylation sites is 1. The third kappa shape index (κ3) is 5.82. The van der Waals surface area contributed by atoms with Gasteiger partial charge in [-0.15, -0.1) is 0 Å². The predicted octanol–water partition coefficient (Wildman–Crippen LogP) is 3.10. The van der Waals surface area contributed by atoms with Crippen molar-refractivity contribution in [1.82, 2.24) is 15.2 Å². The molecule has 1 aromatic carbocycles. The van der Waals surface area contributed by atoms with Gasteiger partial charge < -0.3 is 15.4 Å². The topological polar surface area (TPSA) is 89.4 Å². The Bertz CT molecular complexity index is 872. The Kier molecular flexibility index (Phi) is 7.82. The highest BCUT2D eigenvalue weighted by atomic mass is 16.5. The average molecular weight is 402 g/mol. The summed E-state index contributed by atoms with van der Waals surface area (Å²) >= 11 is 0. The van der Waals surface area contributed by atoms with E-state index in [4.69, 9.17) is 4.74 Å². The summed E-state index contributed by atoms with van der Waals surface area (Å²) in [7, 11) is 2.92. The van der Waals surface area contributed by atoms with E-state index in [9.17, 15) is 14.4 Å². The fourth-order valence-electron chi connectivity index (χ4n) is 3.58. The van der Waals surface area contributed by atoms with Crippen LogP contribution in [-0.4, -0.2) is 42.7 Å². The average Bonchev–Trinajstić information content (AvgIpc) is 3.04. The number of esters is 1. The molecule has 0 bridgehead atoms. The summed E-state index contributed by atoms with van der Waals surface area (Å²) in [6, 6.07) is 7.32. The standard InChI is InChI=1S/C22H31N3O4/c1-14(2)10-16(12-20(26)29-5)21(27)24-15(3)11-17-13-25(22(28)23-4)19-9-7-6-8-18(17)19/h6-9,13-16H,10-12H2,1-5H3,(H,23,28)(H,24,27)/t15-,16?/m1/s1. The van der Waals surface area contributed by atoms with Gasteiger partial charge in [-0.1, -0.05) is 32.0 Å². The maximum absolute atomic E-state index is 12.8. The molecule has 1 unspecified atom stereocenters. The van der Waals surface area contributed by atoms with Crippen molar-refractivity contribution in [2.75, 3.05) is 14.2 Å². The molecule has 7 nitrogen and oxygen atoms in total. The number of methoxy groups -OCH3 is 1. The molecule has 0 saturated heterocycles. The van der Waals surface area contributed by atoms with Crippen LogP contribution in [0, 0.1) is 11.8 Å². The van der Waals surface area contributed by atoms with Crippen LogP contribution in [-0.2, 0) is 20.7 Å². The van der Waals surface area contributed by atoms with E-state index in [1.807, 2.05) is 51.2 Å². The predicted molar refractivity (Wildman–Crippen MR) is 113 cm³/mol. The molecule has 29 heavy (non-hydrogen) atoms. The van der Waals surface area contributed by atoms with Gasteiger partial charge in [0.1, 0.15) is 0 Å². The quantitative estimate of drug-likeness (QED) is 0.665. The van der Waals surface area contributed by atoms with Crippen molar-refractivity contribution in [2.24, 2.45) is 11.8 Å². The molecule has 7 heteroatoms. The molecule has 0 aliphatic heterocycles. The number of carbonyl (C=O) groups excluding carboxylic acids is 3. The summed E-state index contributed by atoms with van der Waals surface area (Å²) < 4.78 is 6.32. The van der Waals surface area contributed by atoms with Gasteiger partial charge in [0.05, 0.1) is 19.0 Å². The van der Waals surface area contributed by atoms with Crippen LogP contribution in [0.5, 0.6) is 0 Å². The number of amides is 2. The van der Waals surface area contributed by atoms with Crippen molar-refractivity contribution in [3.63, 3.8) is 0 Å². The Morgan fingerprint density at radius 2 is 1.83 bits per heavy atom. The second kappa shape index (κ2) is 10.1. The maximum atomic E-state index is 12.8. The fraction of sp³-hybridized carbons (Fsp3) is 0.500. The lowest BCUT2D eigenvalue weighted by Crippen LogP contribution is -2.39. The van der Waals surface area contributed by atoms with Crippen LogP contribution in [0.15, 0.2) is 30.5 Å². The highest BCUT2D eigenvalue weighted by Gasteiger charge is 2.25. The molecule has 1 heterocycles. The number of benzene rings is 1. The summed E-state index contributed by atoms with van der Waals surface area (Å²) in [6.07, 6.45) is 3.07. The summed E-state index contributed by atoms with van der Waals surface area (Å²) in [5, 5.41) is 6.64. The molecule has 158 valence electrons. The lowest BCUT2D eigenvalue weighted by molar-refractivity contribution is -0.144. The second-order valence-electron chi connectivity index (χ2n) is 7.82. The fourth-order valence-corrected chi connectivity index (χ4v) is 3.58. The molecular formula is C22H31N3O4. The highest BCUT2D eigenvalue weighted by molar-refractivity contribution is 5.93. The van der Waals surface area contributed by atoms with Crippen LogP contribution in [0.2, 0.25) is 0 Å². The Morgan fingerprint density at radius 3 is 2.45 bits per heavy atom. The lowest BCUT2D eigenvalue weighted by atomic mass is 9.93. The van der Waals surface area contributed by atoms with Crippen molar-refractivity contribution in [3.05, 3.63) is 36.0 Å². The SMILES string of the molecule is CNC(=O)n1cc(C[C@@H](C)NC(=O)C(CC(=O)OC)CC(C)C)c2ccccc21. The molecule has 2 aromatic rings. The maximum Gasteiger partial charge on any atom is 0.325 e. The van der Waals surface area contributed by atoms with Gasteiger partial charge in [-0.2, -0.15) is 0 Å². The number of ether oxygens (including phenoxy) is 1. The number of aromatic nitrogens is 1. The number of nitrogens with zero attached hydrogens (tertiary/aromatic N) is 1. The Morgan fingerprint density at radius 1 is 1.14 bits per heavy atom. The van der Waals surface area contributed by atoms with Gasteiger partial charge in [-0.25, -0.2) is 4.79 Å². The number of nitrogens with one attached hydrogen (secondary N) is 2. The van der Waals surface area contributed by atoms with Gasteiger partial charge in [0.15, 0.2) is 0 Å². The number of hydrogen-bond acceptors (Lipinski definition) is 4. The van der Waals surface area contributed by atoms with E-state index in [-0.39, 0.29) is 36.3 Å². The van der Waals surface area contributed by atoms with Crippen molar-refractivity contribution in [1.29, 1.82) is 0 Å². The monoisotopic (exact) mass is 401 g/mol. The van der Waals surface area contributed by atoms with Gasteiger partial charge in [-0.05, 0) is 37.3 Å². The van der Waals surface area contributed by atoms with Crippen LogP contribution in [0.3, 0.4) is 0 Å². The van der Waals surface area contributed by atoms with E-state index in [1.165, 1.54) is 7.11 Å². The third-order valence-electron chi connectivity index (χ3n) is 4.91. The lowest BCUT2D eigenvalue weighted by Gasteiger charge is -2.21. The number of carbonyl (C=O) groups is 3. The van der Waals surface area contributed by atoms with E-state index in [1.54, 1.807) is 11.6 Å². The molecule has 2 atom stereocenters. The Hall–Kier alpha value is -2.83. The molecule has 2 N–H and O–H groups in total. The minimum Gasteiger partial charge on any atom is -0.469 e. The van der Waals surface area contributed by atoms with Gasteiger partial charge in [0.25, 0.3) is 0 Å². The van der Waals surface area contributed by atoms with Gasteiger partial charge >= 0.3 is 12.0 Å². The Labute approximate surface area is 171 Å². The first kappa shape index (κ1) is 22.5. The van der Waals surface area contributed by atoms with E-state index in [2.05, 4.69) is 10.6 Å². The van der Waals surface area contributed by atoms with Gasteiger partial charge in [-0.3, -0.25) is 14.2 Å². The van der Waals surface area contributed by atoms with E-state index in [0.717, 1.165) is 16.5 Å². The van der Waals surface area contributed by atoms with Crippen molar-refractivity contribution in [3.8, 4) is 0 Å². The highest BCUT2D eigenvalue weighted by Crippen LogP contribution is 2.23. The zero-order valence-corrected chi connectivity index (χ0v) is 17.8. The van der Waals surface area contributed by atoms with E-state index in [0.29, 0.717) is 12.8 Å². The molecule has 0 spiro atoms. The number of hydrogen-bond donors (Lipinski definition) is 2. The molecular weight excluding hydrogens is 370 g/mol. The van der Waals surface area contributed by atoms with Crippen LogP contribution in [0.4, 0.5) is 4.79 Å². The first-order valence-electron chi connectivity index (χ1n) is 9.95. The zero-order valence-electron chi connectivity index (χ0n) is 17.8. The van der Waals surface area contributed by atoms with Crippen LogP contribution >= 0.6 is 0 Å². The van der Waals surface area contributed by atoms with E-state index >= 15 is 0 Å². The summed E-state index contributed by atoms with van der Waals surface area (Å²) in [6.45, 7) is 5.97. The molecule has 2 amide bonds. The van der Waals surface area contributed by atoms with Crippen molar-refractivity contribution < 1.29 is 19.1 Å². The first-order chi connectivity index (χ1) is 13.8.